The topological polar surface area (TPSA) is 53.3 Å². The summed E-state index contributed by atoms with van der Waals surface area (Å²) in [6.45, 7) is 2.11. The Morgan fingerprint density at radius 2 is 1.81 bits per heavy atom. The van der Waals surface area contributed by atoms with E-state index in [1.54, 1.807) is 12.1 Å². The first-order valence-corrected chi connectivity index (χ1v) is 6.62. The number of aryl methyl sites for hydroxylation is 1. The van der Waals surface area contributed by atoms with Crippen LogP contribution in [-0.4, -0.2) is 12.6 Å². The maximum Gasteiger partial charge on any atom is 0.415 e. The highest BCUT2D eigenvalue weighted by Gasteiger charge is 2.16. The molecule has 0 unspecified atom stereocenters. The standard InChI is InChI=1S/C17H16N2O2/c1-14-7-9-16(10-8-14)19(12-11-18)17(20)21-13-15-5-3-2-4-6-15/h2-10H,12-13H2,1H3. The summed E-state index contributed by atoms with van der Waals surface area (Å²) in [6, 6.07) is 18.8. The van der Waals surface area contributed by atoms with E-state index in [4.69, 9.17) is 10.00 Å². The summed E-state index contributed by atoms with van der Waals surface area (Å²) in [5.74, 6) is 0. The Morgan fingerprint density at radius 1 is 1.14 bits per heavy atom. The quantitative estimate of drug-likeness (QED) is 0.803. The minimum Gasteiger partial charge on any atom is -0.444 e. The molecule has 2 aromatic carbocycles. The van der Waals surface area contributed by atoms with Crippen molar-refractivity contribution in [3.63, 3.8) is 0 Å². The Hall–Kier alpha value is -2.80. The van der Waals surface area contributed by atoms with Gasteiger partial charge in [0.25, 0.3) is 0 Å². The van der Waals surface area contributed by atoms with E-state index in [2.05, 4.69) is 0 Å². The first-order valence-electron chi connectivity index (χ1n) is 6.62. The molecule has 1 amide bonds. The van der Waals surface area contributed by atoms with Crippen molar-refractivity contribution in [2.75, 3.05) is 11.4 Å². The van der Waals surface area contributed by atoms with Crippen LogP contribution < -0.4 is 4.90 Å². The fraction of sp³-hybridized carbons (Fsp3) is 0.176. The summed E-state index contributed by atoms with van der Waals surface area (Å²) in [7, 11) is 0. The lowest BCUT2D eigenvalue weighted by Gasteiger charge is -2.19. The lowest BCUT2D eigenvalue weighted by Crippen LogP contribution is -2.31. The van der Waals surface area contributed by atoms with Crippen LogP contribution in [0.15, 0.2) is 54.6 Å². The van der Waals surface area contributed by atoms with Gasteiger partial charge in [-0.15, -0.1) is 0 Å². The summed E-state index contributed by atoms with van der Waals surface area (Å²) in [6.07, 6.45) is -0.524. The largest absolute Gasteiger partial charge is 0.444 e. The summed E-state index contributed by atoms with van der Waals surface area (Å²) in [4.78, 5) is 13.5. The third kappa shape index (κ3) is 4.08. The second kappa shape index (κ2) is 7.11. The van der Waals surface area contributed by atoms with Crippen LogP contribution in [0.4, 0.5) is 10.5 Å². The van der Waals surface area contributed by atoms with E-state index in [-0.39, 0.29) is 13.2 Å². The van der Waals surface area contributed by atoms with Gasteiger partial charge >= 0.3 is 6.09 Å². The lowest BCUT2D eigenvalue weighted by molar-refractivity contribution is 0.148. The molecule has 4 heteroatoms. The maximum atomic E-state index is 12.1. The van der Waals surface area contributed by atoms with E-state index in [0.717, 1.165) is 11.1 Å². The number of carbonyl (C=O) groups excluding carboxylic acids is 1. The van der Waals surface area contributed by atoms with Gasteiger partial charge in [-0.2, -0.15) is 5.26 Å². The molecule has 0 heterocycles. The van der Waals surface area contributed by atoms with Crippen LogP contribution in [0.2, 0.25) is 0 Å². The minimum atomic E-state index is -0.524. The van der Waals surface area contributed by atoms with Crippen molar-refractivity contribution < 1.29 is 9.53 Å². The third-order valence-corrected chi connectivity index (χ3v) is 3.00. The molecule has 0 aliphatic rings. The number of nitrogens with zero attached hydrogens (tertiary/aromatic N) is 2. The average Bonchev–Trinajstić information content (AvgIpc) is 2.52. The van der Waals surface area contributed by atoms with Gasteiger partial charge in [0.1, 0.15) is 13.2 Å². The molecule has 21 heavy (non-hydrogen) atoms. The van der Waals surface area contributed by atoms with Gasteiger partial charge in [-0.3, -0.25) is 4.90 Å². The molecule has 106 valence electrons. The molecule has 0 radical (unpaired) electrons. The van der Waals surface area contributed by atoms with Crippen LogP contribution >= 0.6 is 0 Å². The number of benzene rings is 2. The summed E-state index contributed by atoms with van der Waals surface area (Å²) in [5.41, 5.74) is 2.65. The van der Waals surface area contributed by atoms with Crippen LogP contribution in [0.5, 0.6) is 0 Å². The zero-order chi connectivity index (χ0) is 15.1. The average molecular weight is 280 g/mol. The second-order valence-corrected chi connectivity index (χ2v) is 4.62. The zero-order valence-corrected chi connectivity index (χ0v) is 11.8. The molecular formula is C17H16N2O2. The number of ether oxygens (including phenoxy) is 1. The molecule has 0 aliphatic carbocycles. The molecule has 0 fully saturated rings. The highest BCUT2D eigenvalue weighted by molar-refractivity contribution is 5.88. The van der Waals surface area contributed by atoms with E-state index in [9.17, 15) is 4.79 Å². The van der Waals surface area contributed by atoms with Crippen molar-refractivity contribution in [2.24, 2.45) is 0 Å². The highest BCUT2D eigenvalue weighted by Crippen LogP contribution is 2.16. The number of hydrogen-bond acceptors (Lipinski definition) is 3. The Morgan fingerprint density at radius 3 is 2.43 bits per heavy atom. The molecule has 0 bridgehead atoms. The first kappa shape index (κ1) is 14.6. The molecular weight excluding hydrogens is 264 g/mol. The molecule has 2 rings (SSSR count). The summed E-state index contributed by atoms with van der Waals surface area (Å²) < 4.78 is 5.26. The van der Waals surface area contributed by atoms with Gasteiger partial charge in [-0.1, -0.05) is 48.0 Å². The van der Waals surface area contributed by atoms with Crippen molar-refractivity contribution in [3.8, 4) is 6.07 Å². The SMILES string of the molecule is Cc1ccc(N(CC#N)C(=O)OCc2ccccc2)cc1. The monoisotopic (exact) mass is 280 g/mol. The minimum absolute atomic E-state index is 0.0450. The van der Waals surface area contributed by atoms with Crippen molar-refractivity contribution in [2.45, 2.75) is 13.5 Å². The van der Waals surface area contributed by atoms with Gasteiger partial charge in [0.15, 0.2) is 0 Å². The fourth-order valence-electron chi connectivity index (χ4n) is 1.85. The molecule has 2 aromatic rings. The lowest BCUT2D eigenvalue weighted by atomic mass is 10.2. The highest BCUT2D eigenvalue weighted by atomic mass is 16.6. The number of anilines is 1. The Bertz CT molecular complexity index is 630. The van der Waals surface area contributed by atoms with Crippen LogP contribution in [0.1, 0.15) is 11.1 Å². The van der Waals surface area contributed by atoms with E-state index >= 15 is 0 Å². The van der Waals surface area contributed by atoms with E-state index in [0.29, 0.717) is 5.69 Å². The van der Waals surface area contributed by atoms with Crippen LogP contribution in [0.25, 0.3) is 0 Å². The predicted molar refractivity (Wildman–Crippen MR) is 80.8 cm³/mol. The van der Waals surface area contributed by atoms with Gasteiger partial charge in [0.2, 0.25) is 0 Å². The Kier molecular flexibility index (Phi) is 4.94. The van der Waals surface area contributed by atoms with Crippen molar-refractivity contribution in [1.29, 1.82) is 5.26 Å². The fourth-order valence-corrected chi connectivity index (χ4v) is 1.85. The molecule has 0 saturated carbocycles. The molecule has 0 spiro atoms. The Balaban J connectivity index is 2.06. The smallest absolute Gasteiger partial charge is 0.415 e. The van der Waals surface area contributed by atoms with Gasteiger partial charge < -0.3 is 4.74 Å². The first-order chi connectivity index (χ1) is 10.2. The number of amides is 1. The maximum absolute atomic E-state index is 12.1. The predicted octanol–water partition coefficient (Wildman–Crippen LogP) is 3.66. The van der Waals surface area contributed by atoms with Gasteiger partial charge in [0, 0.05) is 5.69 Å². The second-order valence-electron chi connectivity index (χ2n) is 4.62. The number of carbonyl (C=O) groups is 1. The zero-order valence-electron chi connectivity index (χ0n) is 11.8. The van der Waals surface area contributed by atoms with E-state index in [1.807, 2.05) is 55.5 Å². The molecule has 0 N–H and O–H groups in total. The normalized spacial score (nSPS) is 9.71. The van der Waals surface area contributed by atoms with Crippen LogP contribution in [-0.2, 0) is 11.3 Å². The molecule has 0 atom stereocenters. The molecule has 4 nitrogen and oxygen atoms in total. The van der Waals surface area contributed by atoms with Crippen molar-refractivity contribution >= 4 is 11.8 Å². The van der Waals surface area contributed by atoms with Gasteiger partial charge in [0.05, 0.1) is 6.07 Å². The van der Waals surface area contributed by atoms with Crippen molar-refractivity contribution in [1.82, 2.24) is 0 Å². The van der Waals surface area contributed by atoms with E-state index < -0.39 is 6.09 Å². The number of nitriles is 1. The van der Waals surface area contributed by atoms with Crippen LogP contribution in [0, 0.1) is 18.3 Å². The number of hydrogen-bond donors (Lipinski definition) is 0. The van der Waals surface area contributed by atoms with Gasteiger partial charge in [-0.25, -0.2) is 4.79 Å². The van der Waals surface area contributed by atoms with Gasteiger partial charge in [-0.05, 0) is 24.6 Å². The molecule has 0 saturated heterocycles. The molecule has 0 aromatic heterocycles. The Labute approximate surface area is 124 Å². The molecule has 0 aliphatic heterocycles. The summed E-state index contributed by atoms with van der Waals surface area (Å²) >= 11 is 0. The van der Waals surface area contributed by atoms with Crippen molar-refractivity contribution in [3.05, 3.63) is 65.7 Å². The number of rotatable bonds is 4. The van der Waals surface area contributed by atoms with Crippen LogP contribution in [0.3, 0.4) is 0 Å². The summed E-state index contributed by atoms with van der Waals surface area (Å²) in [5, 5.41) is 8.89. The van der Waals surface area contributed by atoms with E-state index in [1.165, 1.54) is 4.90 Å². The third-order valence-electron chi connectivity index (χ3n) is 3.00.